The summed E-state index contributed by atoms with van der Waals surface area (Å²) in [7, 11) is 0. The molecule has 0 saturated heterocycles. The van der Waals surface area contributed by atoms with Crippen molar-refractivity contribution in [3.63, 3.8) is 0 Å². The predicted octanol–water partition coefficient (Wildman–Crippen LogP) is 2.48. The van der Waals surface area contributed by atoms with Gasteiger partial charge < -0.3 is 10.1 Å². The Labute approximate surface area is 165 Å². The molecule has 0 saturated carbocycles. The summed E-state index contributed by atoms with van der Waals surface area (Å²) in [6.45, 7) is -0.181. The van der Waals surface area contributed by atoms with E-state index in [2.05, 4.69) is 32.1 Å². The zero-order valence-corrected chi connectivity index (χ0v) is 16.2. The van der Waals surface area contributed by atoms with Gasteiger partial charge in [-0.2, -0.15) is 0 Å². The Morgan fingerprint density at radius 1 is 0.962 bits per heavy atom. The van der Waals surface area contributed by atoms with E-state index in [9.17, 15) is 9.59 Å². The Hall–Kier alpha value is -2.45. The number of carbonyl (C=O) groups excluding carboxylic acids is 2. The van der Waals surface area contributed by atoms with Gasteiger partial charge >= 0.3 is 0 Å². The first-order valence-corrected chi connectivity index (χ1v) is 9.04. The van der Waals surface area contributed by atoms with Gasteiger partial charge in [0.15, 0.2) is 11.7 Å². The van der Waals surface area contributed by atoms with Crippen molar-refractivity contribution in [1.82, 2.24) is 16.2 Å². The lowest BCUT2D eigenvalue weighted by molar-refractivity contribution is -0.124. The number of rotatable bonds is 6. The Kier molecular flexibility index (Phi) is 8.04. The van der Waals surface area contributed by atoms with Gasteiger partial charge in [-0.25, -0.2) is 0 Å². The number of ether oxygens (including phenoxy) is 1. The first-order chi connectivity index (χ1) is 12.5. The van der Waals surface area contributed by atoms with Crippen LogP contribution < -0.4 is 20.9 Å². The molecule has 3 N–H and O–H groups in total. The van der Waals surface area contributed by atoms with Crippen LogP contribution in [0.2, 0.25) is 0 Å². The minimum absolute atomic E-state index is 0.0278. The molecule has 6 nitrogen and oxygen atoms in total. The van der Waals surface area contributed by atoms with Crippen LogP contribution in [0.3, 0.4) is 0 Å². The third kappa shape index (κ3) is 7.62. The van der Waals surface area contributed by atoms with Gasteiger partial charge in [-0.3, -0.25) is 20.4 Å². The van der Waals surface area contributed by atoms with Crippen molar-refractivity contribution in [2.45, 2.75) is 12.8 Å². The molecule has 8 heteroatoms. The molecule has 0 unspecified atom stereocenters. The molecule has 0 atom stereocenters. The van der Waals surface area contributed by atoms with E-state index >= 15 is 0 Å². The third-order valence-electron chi connectivity index (χ3n) is 3.24. The highest BCUT2D eigenvalue weighted by Crippen LogP contribution is 2.15. The predicted molar refractivity (Wildman–Crippen MR) is 106 cm³/mol. The van der Waals surface area contributed by atoms with Gasteiger partial charge in [0, 0.05) is 10.9 Å². The number of hydrazine groups is 1. The maximum absolute atomic E-state index is 11.8. The molecule has 0 aromatic heterocycles. The number of amides is 2. The summed E-state index contributed by atoms with van der Waals surface area (Å²) in [6.07, 6.45) is 0.912. The lowest BCUT2D eigenvalue weighted by atomic mass is 10.1. The molecule has 136 valence electrons. The molecule has 0 aliphatic heterocycles. The van der Waals surface area contributed by atoms with Gasteiger partial charge in [-0.1, -0.05) is 46.3 Å². The number of thiocarbonyl (C=S) groups is 1. The second kappa shape index (κ2) is 10.5. The zero-order valence-electron chi connectivity index (χ0n) is 13.8. The van der Waals surface area contributed by atoms with Gasteiger partial charge in [0.1, 0.15) is 5.75 Å². The van der Waals surface area contributed by atoms with E-state index in [1.54, 1.807) is 12.1 Å². The fraction of sp³-hybridized carbons (Fsp3) is 0.167. The summed E-state index contributed by atoms with van der Waals surface area (Å²) in [6, 6.07) is 16.8. The van der Waals surface area contributed by atoms with E-state index < -0.39 is 5.91 Å². The van der Waals surface area contributed by atoms with E-state index in [1.165, 1.54) is 0 Å². The van der Waals surface area contributed by atoms with E-state index in [0.717, 1.165) is 10.0 Å². The molecule has 26 heavy (non-hydrogen) atoms. The monoisotopic (exact) mass is 435 g/mol. The van der Waals surface area contributed by atoms with Crippen LogP contribution >= 0.6 is 28.1 Å². The van der Waals surface area contributed by atoms with E-state index in [-0.39, 0.29) is 17.6 Å². The highest BCUT2D eigenvalue weighted by Gasteiger charge is 2.07. The van der Waals surface area contributed by atoms with Crippen molar-refractivity contribution >= 4 is 45.1 Å². The minimum atomic E-state index is -0.422. The maximum Gasteiger partial charge on any atom is 0.276 e. The Bertz CT molecular complexity index is 754. The highest BCUT2D eigenvalue weighted by atomic mass is 79.9. The van der Waals surface area contributed by atoms with Gasteiger partial charge in [-0.05, 0) is 48.5 Å². The molecule has 0 heterocycles. The summed E-state index contributed by atoms with van der Waals surface area (Å²) in [4.78, 5) is 23.5. The highest BCUT2D eigenvalue weighted by molar-refractivity contribution is 9.10. The fourth-order valence-electron chi connectivity index (χ4n) is 1.97. The Balaban J connectivity index is 1.62. The van der Waals surface area contributed by atoms with E-state index in [1.807, 2.05) is 42.5 Å². The molecule has 0 spiro atoms. The number of aryl methyl sites for hydroxylation is 1. The summed E-state index contributed by atoms with van der Waals surface area (Å²) in [5.41, 5.74) is 5.90. The van der Waals surface area contributed by atoms with Crippen LogP contribution in [0.1, 0.15) is 12.0 Å². The van der Waals surface area contributed by atoms with Crippen molar-refractivity contribution in [2.24, 2.45) is 0 Å². The van der Waals surface area contributed by atoms with Crippen molar-refractivity contribution in [3.8, 4) is 5.75 Å². The van der Waals surface area contributed by atoms with Crippen molar-refractivity contribution < 1.29 is 14.3 Å². The first-order valence-electron chi connectivity index (χ1n) is 7.84. The van der Waals surface area contributed by atoms with Gasteiger partial charge in [0.2, 0.25) is 5.91 Å². The Morgan fingerprint density at radius 2 is 1.65 bits per heavy atom. The van der Waals surface area contributed by atoms with Crippen molar-refractivity contribution in [3.05, 3.63) is 64.6 Å². The van der Waals surface area contributed by atoms with Crippen molar-refractivity contribution in [2.75, 3.05) is 6.61 Å². The lowest BCUT2D eigenvalue weighted by Gasteiger charge is -2.11. The molecule has 2 rings (SSSR count). The van der Waals surface area contributed by atoms with Crippen LogP contribution in [0.4, 0.5) is 0 Å². The minimum Gasteiger partial charge on any atom is -0.484 e. The van der Waals surface area contributed by atoms with E-state index in [4.69, 9.17) is 17.0 Å². The Morgan fingerprint density at radius 3 is 2.35 bits per heavy atom. The molecule has 2 amide bonds. The smallest absolute Gasteiger partial charge is 0.276 e. The molecule has 0 aliphatic carbocycles. The number of nitrogens with one attached hydrogen (secondary N) is 3. The quantitative estimate of drug-likeness (QED) is 0.479. The van der Waals surface area contributed by atoms with Crippen LogP contribution in [0.5, 0.6) is 5.75 Å². The normalized spacial score (nSPS) is 9.88. The van der Waals surface area contributed by atoms with Crippen LogP contribution in [-0.2, 0) is 16.0 Å². The molecule has 0 radical (unpaired) electrons. The van der Waals surface area contributed by atoms with Crippen LogP contribution in [0.15, 0.2) is 59.1 Å². The topological polar surface area (TPSA) is 79.5 Å². The number of halogens is 1. The fourth-order valence-corrected chi connectivity index (χ4v) is 2.39. The summed E-state index contributed by atoms with van der Waals surface area (Å²) in [5, 5.41) is 2.53. The number of hydrogen-bond donors (Lipinski definition) is 3. The van der Waals surface area contributed by atoms with Gasteiger partial charge in [0.25, 0.3) is 5.91 Å². The van der Waals surface area contributed by atoms with Crippen molar-refractivity contribution in [1.29, 1.82) is 0 Å². The molecular weight excluding hydrogens is 418 g/mol. The first kappa shape index (κ1) is 19.9. The number of benzene rings is 2. The average molecular weight is 436 g/mol. The second-order valence-electron chi connectivity index (χ2n) is 5.28. The molecule has 0 bridgehead atoms. The molecule has 0 aliphatic rings. The molecule has 0 fully saturated rings. The summed E-state index contributed by atoms with van der Waals surface area (Å²) >= 11 is 8.28. The second-order valence-corrected chi connectivity index (χ2v) is 6.60. The lowest BCUT2D eigenvalue weighted by Crippen LogP contribution is -2.49. The van der Waals surface area contributed by atoms with Gasteiger partial charge in [-0.15, -0.1) is 0 Å². The standard InChI is InChI=1S/C18H18BrN3O3S/c19-14-7-9-15(10-8-14)25-12-17(24)21-22-18(26)20-16(23)11-6-13-4-2-1-3-5-13/h1-5,7-10H,6,11-12H2,(H,21,24)(H2,20,22,23,26). The average Bonchev–Trinajstić information content (AvgIpc) is 2.65. The number of carbonyl (C=O) groups is 2. The summed E-state index contributed by atoms with van der Waals surface area (Å²) in [5.74, 6) is -0.0827. The SMILES string of the molecule is O=C(COc1ccc(Br)cc1)NNC(=S)NC(=O)CCc1ccccc1. The molecule has 2 aromatic rings. The van der Waals surface area contributed by atoms with Crippen LogP contribution in [-0.4, -0.2) is 23.5 Å². The van der Waals surface area contributed by atoms with Crippen LogP contribution in [0.25, 0.3) is 0 Å². The number of hydrogen-bond acceptors (Lipinski definition) is 4. The molecular formula is C18H18BrN3O3S. The molecule has 2 aromatic carbocycles. The maximum atomic E-state index is 11.8. The third-order valence-corrected chi connectivity index (χ3v) is 3.97. The van der Waals surface area contributed by atoms with Gasteiger partial charge in [0.05, 0.1) is 0 Å². The zero-order chi connectivity index (χ0) is 18.8. The largest absolute Gasteiger partial charge is 0.484 e. The summed E-state index contributed by atoms with van der Waals surface area (Å²) < 4.78 is 6.24. The van der Waals surface area contributed by atoms with E-state index in [0.29, 0.717) is 18.6 Å². The van der Waals surface area contributed by atoms with Crippen LogP contribution in [0, 0.1) is 0 Å².